The van der Waals surface area contributed by atoms with Crippen LogP contribution in [-0.4, -0.2) is 23.1 Å². The molecular weight excluding hydrogens is 278 g/mol. The standard InChI is InChI=1S/C13H14BrN3/c14-11-3-1-2-10-8-16-13(17-12(10)11)9-4-6-15-7-5-9/h1-3,8-9,15H,4-7H2. The monoisotopic (exact) mass is 291 g/mol. The molecule has 0 atom stereocenters. The molecule has 0 radical (unpaired) electrons. The summed E-state index contributed by atoms with van der Waals surface area (Å²) in [5, 5.41) is 4.46. The molecule has 1 saturated heterocycles. The van der Waals surface area contributed by atoms with E-state index in [4.69, 9.17) is 4.98 Å². The minimum absolute atomic E-state index is 0.507. The van der Waals surface area contributed by atoms with Crippen molar-refractivity contribution in [3.8, 4) is 0 Å². The van der Waals surface area contributed by atoms with E-state index in [-0.39, 0.29) is 0 Å². The highest BCUT2D eigenvalue weighted by atomic mass is 79.9. The Hall–Kier alpha value is -1.00. The highest BCUT2D eigenvalue weighted by Gasteiger charge is 2.18. The normalized spacial score (nSPS) is 17.5. The SMILES string of the molecule is Brc1cccc2cnc(C3CCNCC3)nc12. The Balaban J connectivity index is 2.03. The molecule has 0 saturated carbocycles. The molecule has 1 aliphatic heterocycles. The van der Waals surface area contributed by atoms with Gasteiger partial charge in [0.2, 0.25) is 0 Å². The molecular formula is C13H14BrN3. The van der Waals surface area contributed by atoms with Crippen LogP contribution in [0.5, 0.6) is 0 Å². The van der Waals surface area contributed by atoms with Gasteiger partial charge in [0.15, 0.2) is 0 Å². The summed E-state index contributed by atoms with van der Waals surface area (Å²) in [7, 11) is 0. The van der Waals surface area contributed by atoms with E-state index in [1.165, 1.54) is 0 Å². The lowest BCUT2D eigenvalue weighted by atomic mass is 9.97. The van der Waals surface area contributed by atoms with Gasteiger partial charge in [-0.3, -0.25) is 0 Å². The Kier molecular flexibility index (Phi) is 3.07. The van der Waals surface area contributed by atoms with Gasteiger partial charge in [-0.05, 0) is 47.9 Å². The molecule has 3 nitrogen and oxygen atoms in total. The largest absolute Gasteiger partial charge is 0.317 e. The minimum atomic E-state index is 0.507. The van der Waals surface area contributed by atoms with Crippen LogP contribution >= 0.6 is 15.9 Å². The highest BCUT2D eigenvalue weighted by Crippen LogP contribution is 2.26. The van der Waals surface area contributed by atoms with E-state index in [0.717, 1.165) is 47.1 Å². The van der Waals surface area contributed by atoms with Gasteiger partial charge < -0.3 is 5.32 Å². The number of halogens is 1. The number of benzene rings is 1. The molecule has 1 aromatic carbocycles. The first-order valence-electron chi connectivity index (χ1n) is 5.96. The number of fused-ring (bicyclic) bond motifs is 1. The topological polar surface area (TPSA) is 37.8 Å². The third-order valence-electron chi connectivity index (χ3n) is 3.28. The summed E-state index contributed by atoms with van der Waals surface area (Å²) in [4.78, 5) is 9.22. The summed E-state index contributed by atoms with van der Waals surface area (Å²) in [6, 6.07) is 6.09. The van der Waals surface area contributed by atoms with E-state index < -0.39 is 0 Å². The Labute approximate surface area is 109 Å². The average molecular weight is 292 g/mol. The van der Waals surface area contributed by atoms with Gasteiger partial charge in [-0.25, -0.2) is 9.97 Å². The van der Waals surface area contributed by atoms with Gasteiger partial charge in [0, 0.05) is 22.0 Å². The molecule has 0 unspecified atom stereocenters. The van der Waals surface area contributed by atoms with E-state index >= 15 is 0 Å². The number of para-hydroxylation sites is 1. The molecule has 88 valence electrons. The van der Waals surface area contributed by atoms with E-state index in [2.05, 4.69) is 26.2 Å². The second kappa shape index (κ2) is 4.70. The quantitative estimate of drug-likeness (QED) is 0.878. The van der Waals surface area contributed by atoms with Crippen molar-refractivity contribution >= 4 is 26.8 Å². The van der Waals surface area contributed by atoms with Crippen LogP contribution in [0.2, 0.25) is 0 Å². The maximum Gasteiger partial charge on any atom is 0.132 e. The molecule has 3 rings (SSSR count). The lowest BCUT2D eigenvalue weighted by molar-refractivity contribution is 0.446. The van der Waals surface area contributed by atoms with Gasteiger partial charge in [-0.15, -0.1) is 0 Å². The zero-order valence-electron chi connectivity index (χ0n) is 9.49. The van der Waals surface area contributed by atoms with Crippen molar-refractivity contribution in [1.29, 1.82) is 0 Å². The zero-order chi connectivity index (χ0) is 11.7. The summed E-state index contributed by atoms with van der Waals surface area (Å²) >= 11 is 3.55. The van der Waals surface area contributed by atoms with Crippen molar-refractivity contribution in [2.75, 3.05) is 13.1 Å². The Morgan fingerprint density at radius 3 is 2.88 bits per heavy atom. The van der Waals surface area contributed by atoms with Gasteiger partial charge in [-0.2, -0.15) is 0 Å². The maximum absolute atomic E-state index is 4.71. The van der Waals surface area contributed by atoms with Crippen LogP contribution in [0, 0.1) is 0 Å². The fourth-order valence-electron chi connectivity index (χ4n) is 2.31. The summed E-state index contributed by atoms with van der Waals surface area (Å²) in [5.41, 5.74) is 1.02. The van der Waals surface area contributed by atoms with Crippen LogP contribution in [-0.2, 0) is 0 Å². The smallest absolute Gasteiger partial charge is 0.132 e. The van der Waals surface area contributed by atoms with Crippen molar-refractivity contribution in [2.24, 2.45) is 0 Å². The fourth-order valence-corrected chi connectivity index (χ4v) is 2.78. The lowest BCUT2D eigenvalue weighted by Gasteiger charge is -2.21. The van der Waals surface area contributed by atoms with E-state index in [1.807, 2.05) is 24.4 Å². The third kappa shape index (κ3) is 2.19. The van der Waals surface area contributed by atoms with Crippen molar-refractivity contribution in [3.63, 3.8) is 0 Å². The van der Waals surface area contributed by atoms with Crippen LogP contribution in [0.25, 0.3) is 10.9 Å². The van der Waals surface area contributed by atoms with Crippen LogP contribution in [0.1, 0.15) is 24.6 Å². The summed E-state index contributed by atoms with van der Waals surface area (Å²) < 4.78 is 1.05. The fraction of sp³-hybridized carbons (Fsp3) is 0.385. The molecule has 2 heterocycles. The second-order valence-electron chi connectivity index (χ2n) is 4.43. The summed E-state index contributed by atoms with van der Waals surface area (Å²) in [6.07, 6.45) is 4.20. The Morgan fingerprint density at radius 1 is 1.24 bits per heavy atom. The number of aromatic nitrogens is 2. The van der Waals surface area contributed by atoms with E-state index in [1.54, 1.807) is 0 Å². The van der Waals surface area contributed by atoms with Gasteiger partial charge in [0.25, 0.3) is 0 Å². The van der Waals surface area contributed by atoms with Gasteiger partial charge in [-0.1, -0.05) is 12.1 Å². The van der Waals surface area contributed by atoms with Crippen molar-refractivity contribution in [1.82, 2.24) is 15.3 Å². The summed E-state index contributed by atoms with van der Waals surface area (Å²) in [6.45, 7) is 2.14. The molecule has 4 heteroatoms. The molecule has 1 aromatic heterocycles. The second-order valence-corrected chi connectivity index (χ2v) is 5.28. The van der Waals surface area contributed by atoms with Gasteiger partial charge >= 0.3 is 0 Å². The van der Waals surface area contributed by atoms with Crippen LogP contribution in [0.4, 0.5) is 0 Å². The number of hydrogen-bond acceptors (Lipinski definition) is 3. The first-order valence-corrected chi connectivity index (χ1v) is 6.76. The number of rotatable bonds is 1. The van der Waals surface area contributed by atoms with Crippen LogP contribution < -0.4 is 5.32 Å². The molecule has 0 aliphatic carbocycles. The maximum atomic E-state index is 4.71. The Morgan fingerprint density at radius 2 is 2.06 bits per heavy atom. The van der Waals surface area contributed by atoms with Gasteiger partial charge in [0.05, 0.1) is 5.52 Å². The number of hydrogen-bond donors (Lipinski definition) is 1. The van der Waals surface area contributed by atoms with Crippen LogP contribution in [0.3, 0.4) is 0 Å². The van der Waals surface area contributed by atoms with Crippen molar-refractivity contribution in [2.45, 2.75) is 18.8 Å². The molecule has 0 spiro atoms. The molecule has 0 amide bonds. The van der Waals surface area contributed by atoms with Gasteiger partial charge in [0.1, 0.15) is 5.82 Å². The third-order valence-corrected chi connectivity index (χ3v) is 3.92. The van der Waals surface area contributed by atoms with E-state index in [0.29, 0.717) is 5.92 Å². The van der Waals surface area contributed by atoms with Crippen molar-refractivity contribution < 1.29 is 0 Å². The molecule has 1 N–H and O–H groups in total. The molecule has 1 aliphatic rings. The molecule has 1 fully saturated rings. The number of nitrogens with zero attached hydrogens (tertiary/aromatic N) is 2. The first-order chi connectivity index (χ1) is 8.34. The predicted molar refractivity (Wildman–Crippen MR) is 72.1 cm³/mol. The molecule has 2 aromatic rings. The zero-order valence-corrected chi connectivity index (χ0v) is 11.1. The average Bonchev–Trinajstić information content (AvgIpc) is 2.40. The van der Waals surface area contributed by atoms with Crippen LogP contribution in [0.15, 0.2) is 28.9 Å². The predicted octanol–water partition coefficient (Wildman–Crippen LogP) is 2.86. The molecule has 0 bridgehead atoms. The van der Waals surface area contributed by atoms with E-state index in [9.17, 15) is 0 Å². The Bertz CT molecular complexity index is 535. The van der Waals surface area contributed by atoms with Crippen molar-refractivity contribution in [3.05, 3.63) is 34.7 Å². The number of piperidine rings is 1. The summed E-state index contributed by atoms with van der Waals surface area (Å²) in [5.74, 6) is 1.50. The lowest BCUT2D eigenvalue weighted by Crippen LogP contribution is -2.27. The number of nitrogens with one attached hydrogen (secondary N) is 1. The minimum Gasteiger partial charge on any atom is -0.317 e. The molecule has 17 heavy (non-hydrogen) atoms. The first kappa shape index (κ1) is 11.1. The highest BCUT2D eigenvalue weighted by molar-refractivity contribution is 9.10.